The first kappa shape index (κ1) is 11.2. The van der Waals surface area contributed by atoms with E-state index in [-0.39, 0.29) is 0 Å². The lowest BCUT2D eigenvalue weighted by atomic mass is 9.74. The molecule has 0 atom stereocenters. The van der Waals surface area contributed by atoms with Gasteiger partial charge in [-0.2, -0.15) is 0 Å². The average molecular weight is 231 g/mol. The SMILES string of the molecule is COC1CC(NC2CC(c3ccccc3)C2)C1. The maximum Gasteiger partial charge on any atom is 0.0601 e. The van der Waals surface area contributed by atoms with E-state index >= 15 is 0 Å². The van der Waals surface area contributed by atoms with Crippen molar-refractivity contribution >= 4 is 0 Å². The molecule has 92 valence electrons. The van der Waals surface area contributed by atoms with Crippen LogP contribution in [-0.2, 0) is 4.74 Å². The highest BCUT2D eigenvalue weighted by atomic mass is 16.5. The largest absolute Gasteiger partial charge is 0.381 e. The third-order valence-corrected chi connectivity index (χ3v) is 4.31. The van der Waals surface area contributed by atoms with E-state index in [0.29, 0.717) is 12.1 Å². The minimum Gasteiger partial charge on any atom is -0.381 e. The van der Waals surface area contributed by atoms with E-state index in [1.807, 2.05) is 7.11 Å². The number of methoxy groups -OCH3 is 1. The average Bonchev–Trinajstić information content (AvgIpc) is 2.26. The predicted octanol–water partition coefficient (Wildman–Crippen LogP) is 2.70. The topological polar surface area (TPSA) is 21.3 Å². The summed E-state index contributed by atoms with van der Waals surface area (Å²) in [6.45, 7) is 0. The van der Waals surface area contributed by atoms with Gasteiger partial charge in [0.2, 0.25) is 0 Å². The highest BCUT2D eigenvalue weighted by Crippen LogP contribution is 2.38. The number of benzene rings is 1. The molecule has 3 rings (SSSR count). The molecule has 2 aliphatic rings. The van der Waals surface area contributed by atoms with E-state index in [4.69, 9.17) is 4.74 Å². The Labute approximate surface area is 103 Å². The number of hydrogen-bond acceptors (Lipinski definition) is 2. The maximum atomic E-state index is 5.30. The highest BCUT2D eigenvalue weighted by Gasteiger charge is 2.35. The second kappa shape index (κ2) is 4.79. The normalized spacial score (nSPS) is 36.1. The van der Waals surface area contributed by atoms with Crippen LogP contribution in [0.25, 0.3) is 0 Å². The molecule has 0 spiro atoms. The highest BCUT2D eigenvalue weighted by molar-refractivity contribution is 5.22. The number of rotatable bonds is 4. The van der Waals surface area contributed by atoms with Gasteiger partial charge in [-0.15, -0.1) is 0 Å². The van der Waals surface area contributed by atoms with Crippen molar-refractivity contribution < 1.29 is 4.74 Å². The van der Waals surface area contributed by atoms with Gasteiger partial charge in [-0.1, -0.05) is 30.3 Å². The number of hydrogen-bond donors (Lipinski definition) is 1. The summed E-state index contributed by atoms with van der Waals surface area (Å²) >= 11 is 0. The van der Waals surface area contributed by atoms with Crippen LogP contribution in [0.5, 0.6) is 0 Å². The van der Waals surface area contributed by atoms with Crippen LogP contribution in [0.3, 0.4) is 0 Å². The summed E-state index contributed by atoms with van der Waals surface area (Å²) in [4.78, 5) is 0. The van der Waals surface area contributed by atoms with Crippen LogP contribution < -0.4 is 5.32 Å². The van der Waals surface area contributed by atoms with Gasteiger partial charge >= 0.3 is 0 Å². The predicted molar refractivity (Wildman–Crippen MR) is 69.2 cm³/mol. The first-order chi connectivity index (χ1) is 8.35. The summed E-state index contributed by atoms with van der Waals surface area (Å²) in [5.74, 6) is 0.784. The Kier molecular flexibility index (Phi) is 3.17. The zero-order valence-electron chi connectivity index (χ0n) is 10.4. The first-order valence-electron chi connectivity index (χ1n) is 6.69. The van der Waals surface area contributed by atoms with Crippen LogP contribution in [0, 0.1) is 0 Å². The third-order valence-electron chi connectivity index (χ3n) is 4.31. The lowest BCUT2D eigenvalue weighted by Gasteiger charge is -2.43. The molecule has 0 radical (unpaired) electrons. The molecule has 2 heteroatoms. The quantitative estimate of drug-likeness (QED) is 0.860. The van der Waals surface area contributed by atoms with E-state index in [1.165, 1.54) is 31.2 Å². The van der Waals surface area contributed by atoms with Crippen LogP contribution in [0.2, 0.25) is 0 Å². The Bertz CT molecular complexity index is 352. The molecule has 17 heavy (non-hydrogen) atoms. The van der Waals surface area contributed by atoms with Crippen molar-refractivity contribution in [2.24, 2.45) is 0 Å². The van der Waals surface area contributed by atoms with Gasteiger partial charge in [0, 0.05) is 19.2 Å². The monoisotopic (exact) mass is 231 g/mol. The van der Waals surface area contributed by atoms with Gasteiger partial charge < -0.3 is 10.1 Å². The molecule has 1 aromatic carbocycles. The molecular weight excluding hydrogens is 210 g/mol. The smallest absolute Gasteiger partial charge is 0.0601 e. The molecule has 0 aromatic heterocycles. The Morgan fingerprint density at radius 2 is 1.65 bits per heavy atom. The molecule has 0 unspecified atom stereocenters. The Morgan fingerprint density at radius 3 is 2.29 bits per heavy atom. The van der Waals surface area contributed by atoms with Crippen molar-refractivity contribution in [3.8, 4) is 0 Å². The summed E-state index contributed by atoms with van der Waals surface area (Å²) < 4.78 is 5.30. The molecule has 0 aliphatic heterocycles. The molecule has 0 heterocycles. The minimum atomic E-state index is 0.512. The lowest BCUT2D eigenvalue weighted by molar-refractivity contribution is 0.00999. The molecule has 2 saturated carbocycles. The standard InChI is InChI=1S/C15H21NO/c1-17-15-9-14(10-15)16-13-7-12(8-13)11-5-3-2-4-6-11/h2-6,12-16H,7-10H2,1H3. The second-order valence-corrected chi connectivity index (χ2v) is 5.47. The van der Waals surface area contributed by atoms with Gasteiger partial charge in [0.15, 0.2) is 0 Å². The number of nitrogens with one attached hydrogen (secondary N) is 1. The van der Waals surface area contributed by atoms with Crippen molar-refractivity contribution in [2.45, 2.75) is 49.8 Å². The summed E-state index contributed by atoms with van der Waals surface area (Å²) in [6, 6.07) is 12.3. The van der Waals surface area contributed by atoms with Crippen molar-refractivity contribution in [1.82, 2.24) is 5.32 Å². The molecule has 1 N–H and O–H groups in total. The summed E-state index contributed by atoms with van der Waals surface area (Å²) in [5.41, 5.74) is 1.51. The van der Waals surface area contributed by atoms with Gasteiger partial charge in [-0.25, -0.2) is 0 Å². The van der Waals surface area contributed by atoms with Crippen LogP contribution in [-0.4, -0.2) is 25.3 Å². The fourth-order valence-corrected chi connectivity index (χ4v) is 2.98. The van der Waals surface area contributed by atoms with Gasteiger partial charge in [-0.3, -0.25) is 0 Å². The Hall–Kier alpha value is -0.860. The molecule has 2 nitrogen and oxygen atoms in total. The molecule has 2 aliphatic carbocycles. The van der Waals surface area contributed by atoms with E-state index < -0.39 is 0 Å². The van der Waals surface area contributed by atoms with Crippen LogP contribution in [0.15, 0.2) is 30.3 Å². The zero-order valence-corrected chi connectivity index (χ0v) is 10.4. The Balaban J connectivity index is 1.41. The van der Waals surface area contributed by atoms with Gasteiger partial charge in [0.05, 0.1) is 6.10 Å². The van der Waals surface area contributed by atoms with Crippen molar-refractivity contribution in [1.29, 1.82) is 0 Å². The summed E-state index contributed by atoms with van der Waals surface area (Å²) in [5, 5.41) is 3.74. The molecule has 0 amide bonds. The molecule has 1 aromatic rings. The second-order valence-electron chi connectivity index (χ2n) is 5.47. The summed E-state index contributed by atoms with van der Waals surface area (Å²) in [6.07, 6.45) is 5.51. The van der Waals surface area contributed by atoms with E-state index in [9.17, 15) is 0 Å². The van der Waals surface area contributed by atoms with Crippen molar-refractivity contribution in [2.75, 3.05) is 7.11 Å². The Morgan fingerprint density at radius 1 is 1.00 bits per heavy atom. The molecular formula is C15H21NO. The fourth-order valence-electron chi connectivity index (χ4n) is 2.98. The van der Waals surface area contributed by atoms with E-state index in [1.54, 1.807) is 0 Å². The maximum absolute atomic E-state index is 5.30. The zero-order chi connectivity index (χ0) is 11.7. The van der Waals surface area contributed by atoms with Crippen LogP contribution in [0.1, 0.15) is 37.2 Å². The van der Waals surface area contributed by atoms with E-state index in [2.05, 4.69) is 35.6 Å². The third kappa shape index (κ3) is 2.38. The summed E-state index contributed by atoms with van der Waals surface area (Å²) in [7, 11) is 1.82. The minimum absolute atomic E-state index is 0.512. The lowest BCUT2D eigenvalue weighted by Crippen LogP contribution is -2.52. The van der Waals surface area contributed by atoms with E-state index in [0.717, 1.165) is 12.0 Å². The van der Waals surface area contributed by atoms with Crippen LogP contribution in [0.4, 0.5) is 0 Å². The molecule has 0 saturated heterocycles. The van der Waals surface area contributed by atoms with Gasteiger partial charge in [0.25, 0.3) is 0 Å². The molecule has 0 bridgehead atoms. The molecule has 2 fully saturated rings. The first-order valence-corrected chi connectivity index (χ1v) is 6.69. The van der Waals surface area contributed by atoms with Gasteiger partial charge in [0.1, 0.15) is 0 Å². The van der Waals surface area contributed by atoms with Crippen molar-refractivity contribution in [3.63, 3.8) is 0 Å². The van der Waals surface area contributed by atoms with Crippen molar-refractivity contribution in [3.05, 3.63) is 35.9 Å². The fraction of sp³-hybridized carbons (Fsp3) is 0.600. The number of ether oxygens (including phenoxy) is 1. The van der Waals surface area contributed by atoms with Gasteiger partial charge in [-0.05, 0) is 37.2 Å². The van der Waals surface area contributed by atoms with Crippen LogP contribution >= 0.6 is 0 Å².